The Labute approximate surface area is 177 Å². The lowest BCUT2D eigenvalue weighted by molar-refractivity contribution is -0.122. The van der Waals surface area contributed by atoms with Crippen LogP contribution in [0.3, 0.4) is 0 Å². The third-order valence-electron chi connectivity index (χ3n) is 5.67. The minimum absolute atomic E-state index is 0.176. The summed E-state index contributed by atoms with van der Waals surface area (Å²) in [7, 11) is 0. The van der Waals surface area contributed by atoms with Gasteiger partial charge in [0.2, 0.25) is 0 Å². The molecule has 0 fully saturated rings. The largest absolute Gasteiger partial charge is 0.298 e. The molecule has 0 saturated carbocycles. The molecule has 1 aliphatic rings. The van der Waals surface area contributed by atoms with Crippen LogP contribution in [0.1, 0.15) is 45.2 Å². The number of halogens is 2. The molecular weight excluding hydrogens is 393 g/mol. The summed E-state index contributed by atoms with van der Waals surface area (Å²) < 4.78 is 0. The molecule has 1 heterocycles. The number of anilines is 1. The molecule has 1 amide bonds. The van der Waals surface area contributed by atoms with E-state index in [1.807, 2.05) is 30.3 Å². The summed E-state index contributed by atoms with van der Waals surface area (Å²) in [4.78, 5) is 16.0. The highest BCUT2D eigenvalue weighted by atomic mass is 35.5. The Morgan fingerprint density at radius 1 is 1.04 bits per heavy atom. The van der Waals surface area contributed by atoms with Crippen molar-refractivity contribution in [2.45, 2.75) is 51.6 Å². The molecule has 3 rings (SSSR count). The number of amides is 1. The number of fused-ring (bicyclic) bond motifs is 1. The van der Waals surface area contributed by atoms with Crippen molar-refractivity contribution < 1.29 is 4.79 Å². The van der Waals surface area contributed by atoms with Crippen molar-refractivity contribution in [3.05, 3.63) is 63.6 Å². The van der Waals surface area contributed by atoms with E-state index < -0.39 is 5.41 Å². The van der Waals surface area contributed by atoms with Crippen LogP contribution in [0, 0.1) is 0 Å². The molecule has 1 atom stereocenters. The van der Waals surface area contributed by atoms with Gasteiger partial charge in [0.25, 0.3) is 5.91 Å². The molecule has 0 saturated heterocycles. The van der Waals surface area contributed by atoms with Gasteiger partial charge in [-0.3, -0.25) is 9.69 Å². The zero-order valence-corrected chi connectivity index (χ0v) is 18.3. The van der Waals surface area contributed by atoms with Crippen LogP contribution in [0.2, 0.25) is 10.0 Å². The molecular formula is C22H27Cl2N3O. The van der Waals surface area contributed by atoms with E-state index in [0.717, 1.165) is 17.7 Å². The first kappa shape index (κ1) is 21.1. The van der Waals surface area contributed by atoms with E-state index in [-0.39, 0.29) is 5.91 Å². The molecule has 0 spiro atoms. The second-order valence-electron chi connectivity index (χ2n) is 7.90. The number of carbonyl (C=O) groups excluding carboxylic acids is 1. The van der Waals surface area contributed by atoms with Crippen molar-refractivity contribution in [3.63, 3.8) is 0 Å². The van der Waals surface area contributed by atoms with Gasteiger partial charge in [-0.15, -0.1) is 0 Å². The Bertz CT molecular complexity index is 876. The van der Waals surface area contributed by atoms with Crippen molar-refractivity contribution in [3.8, 4) is 0 Å². The van der Waals surface area contributed by atoms with Crippen LogP contribution in [0.4, 0.5) is 5.69 Å². The number of nitrogens with two attached hydrogens (primary N) is 1. The first-order chi connectivity index (χ1) is 13.2. The monoisotopic (exact) mass is 419 g/mol. The first-order valence-corrected chi connectivity index (χ1v) is 10.4. The summed E-state index contributed by atoms with van der Waals surface area (Å²) in [5.74, 6) is 6.04. The number of hydrazine groups is 1. The van der Waals surface area contributed by atoms with Crippen LogP contribution < -0.4 is 10.9 Å². The fourth-order valence-electron chi connectivity index (χ4n) is 4.34. The normalized spacial score (nSPS) is 19.2. The summed E-state index contributed by atoms with van der Waals surface area (Å²) in [6, 6.07) is 13.6. The quantitative estimate of drug-likeness (QED) is 0.528. The molecule has 0 bridgehead atoms. The maximum absolute atomic E-state index is 13.6. The molecule has 0 radical (unpaired) electrons. The summed E-state index contributed by atoms with van der Waals surface area (Å²) >= 11 is 12.9. The van der Waals surface area contributed by atoms with Gasteiger partial charge >= 0.3 is 0 Å². The van der Waals surface area contributed by atoms with Crippen LogP contribution in [0.25, 0.3) is 0 Å². The Morgan fingerprint density at radius 3 is 2.29 bits per heavy atom. The van der Waals surface area contributed by atoms with E-state index in [1.54, 1.807) is 12.1 Å². The van der Waals surface area contributed by atoms with Gasteiger partial charge in [0.05, 0.1) is 5.69 Å². The maximum Gasteiger partial charge on any atom is 0.256 e. The molecule has 6 heteroatoms. The lowest BCUT2D eigenvalue weighted by Crippen LogP contribution is -2.47. The predicted octanol–water partition coefficient (Wildman–Crippen LogP) is 5.01. The molecule has 0 aliphatic carbocycles. The van der Waals surface area contributed by atoms with Gasteiger partial charge in [0.1, 0.15) is 5.41 Å². The number of rotatable bonds is 6. The van der Waals surface area contributed by atoms with E-state index >= 15 is 0 Å². The summed E-state index contributed by atoms with van der Waals surface area (Å²) in [5.41, 5.74) is 1.30. The van der Waals surface area contributed by atoms with E-state index in [2.05, 4.69) is 32.6 Å². The zero-order valence-electron chi connectivity index (χ0n) is 16.7. The molecule has 2 aromatic carbocycles. The maximum atomic E-state index is 13.6. The van der Waals surface area contributed by atoms with Crippen molar-refractivity contribution in [2.75, 3.05) is 11.6 Å². The number of benzene rings is 2. The number of hydrogen-bond donors (Lipinski definition) is 1. The van der Waals surface area contributed by atoms with E-state index in [1.165, 1.54) is 5.01 Å². The number of hydrogen-bond acceptors (Lipinski definition) is 3. The van der Waals surface area contributed by atoms with Crippen molar-refractivity contribution in [1.29, 1.82) is 0 Å². The van der Waals surface area contributed by atoms with E-state index in [0.29, 0.717) is 34.2 Å². The van der Waals surface area contributed by atoms with Crippen LogP contribution in [-0.4, -0.2) is 29.4 Å². The average Bonchev–Trinajstić information content (AvgIpc) is 2.84. The van der Waals surface area contributed by atoms with E-state index in [4.69, 9.17) is 29.0 Å². The van der Waals surface area contributed by atoms with Gasteiger partial charge < -0.3 is 0 Å². The van der Waals surface area contributed by atoms with E-state index in [9.17, 15) is 4.79 Å². The van der Waals surface area contributed by atoms with Gasteiger partial charge in [-0.05, 0) is 69.5 Å². The second kappa shape index (κ2) is 8.03. The number of carbonyl (C=O) groups is 1. The topological polar surface area (TPSA) is 49.6 Å². The minimum Gasteiger partial charge on any atom is -0.298 e. The molecule has 1 unspecified atom stereocenters. The highest BCUT2D eigenvalue weighted by Gasteiger charge is 2.52. The third-order valence-corrected chi connectivity index (χ3v) is 6.23. The fourth-order valence-corrected chi connectivity index (χ4v) is 4.81. The van der Waals surface area contributed by atoms with Gasteiger partial charge in [-0.2, -0.15) is 0 Å². The Kier molecular flexibility index (Phi) is 6.06. The SMILES string of the molecule is CC(C)N(CCC1(c2ccccc2Cl)C(=O)N(N)c2ccc(Cl)cc21)C(C)C. The Morgan fingerprint density at radius 2 is 1.68 bits per heavy atom. The van der Waals surface area contributed by atoms with Crippen molar-refractivity contribution >= 4 is 34.8 Å². The molecule has 1 aliphatic heterocycles. The Balaban J connectivity index is 2.19. The second-order valence-corrected chi connectivity index (χ2v) is 8.74. The first-order valence-electron chi connectivity index (χ1n) is 9.60. The standard InChI is InChI=1S/C22H27Cl2N3O/c1-14(2)26(15(3)4)12-11-22(17-7-5-6-8-19(17)24)18-13-16(23)9-10-20(18)27(25)21(22)28/h5-10,13-15H,11-12,25H2,1-4H3. The lowest BCUT2D eigenvalue weighted by Gasteiger charge is -2.36. The summed E-state index contributed by atoms with van der Waals surface area (Å²) in [5, 5.41) is 2.37. The van der Waals surface area contributed by atoms with Crippen LogP contribution in [-0.2, 0) is 10.2 Å². The molecule has 2 aromatic rings. The molecule has 4 nitrogen and oxygen atoms in total. The molecule has 150 valence electrons. The van der Waals surface area contributed by atoms with Gasteiger partial charge in [0, 0.05) is 28.7 Å². The highest BCUT2D eigenvalue weighted by molar-refractivity contribution is 6.32. The van der Waals surface area contributed by atoms with Gasteiger partial charge in [-0.25, -0.2) is 10.9 Å². The van der Waals surface area contributed by atoms with Crippen LogP contribution >= 0.6 is 23.2 Å². The lowest BCUT2D eigenvalue weighted by atomic mass is 9.72. The predicted molar refractivity (Wildman–Crippen MR) is 117 cm³/mol. The smallest absolute Gasteiger partial charge is 0.256 e. The highest BCUT2D eigenvalue weighted by Crippen LogP contribution is 2.50. The average molecular weight is 420 g/mol. The Hall–Kier alpha value is -1.59. The molecule has 0 aromatic heterocycles. The molecule has 28 heavy (non-hydrogen) atoms. The van der Waals surface area contributed by atoms with Gasteiger partial charge in [0.15, 0.2) is 0 Å². The third kappa shape index (κ3) is 3.43. The summed E-state index contributed by atoms with van der Waals surface area (Å²) in [6.07, 6.45) is 0.562. The summed E-state index contributed by atoms with van der Waals surface area (Å²) in [6.45, 7) is 9.39. The van der Waals surface area contributed by atoms with Crippen LogP contribution in [0.5, 0.6) is 0 Å². The number of nitrogens with zero attached hydrogens (tertiary/aromatic N) is 2. The fraction of sp³-hybridized carbons (Fsp3) is 0.409. The van der Waals surface area contributed by atoms with Crippen molar-refractivity contribution in [2.24, 2.45) is 5.84 Å². The molecule has 2 N–H and O–H groups in total. The van der Waals surface area contributed by atoms with Crippen molar-refractivity contribution in [1.82, 2.24) is 4.90 Å². The minimum atomic E-state index is -0.963. The zero-order chi connectivity index (χ0) is 20.6. The van der Waals surface area contributed by atoms with Gasteiger partial charge in [-0.1, -0.05) is 41.4 Å². The van der Waals surface area contributed by atoms with Crippen LogP contribution in [0.15, 0.2) is 42.5 Å².